The maximum absolute atomic E-state index is 4.37. The van der Waals surface area contributed by atoms with Crippen LogP contribution in [0.25, 0.3) is 21.3 Å². The highest BCUT2D eigenvalue weighted by molar-refractivity contribution is 7.17. The molecule has 0 fully saturated rings. The van der Waals surface area contributed by atoms with Crippen LogP contribution in [0.3, 0.4) is 0 Å². The second-order valence-corrected chi connectivity index (χ2v) is 4.96. The molecule has 0 aliphatic carbocycles. The predicted octanol–water partition coefficient (Wildman–Crippen LogP) is 3.22. The number of aromatic nitrogens is 1. The number of hydrogen-bond acceptors (Lipinski definition) is 5. The molecule has 3 aromatic rings. The van der Waals surface area contributed by atoms with Gasteiger partial charge >= 0.3 is 0 Å². The molecule has 18 heavy (non-hydrogen) atoms. The van der Waals surface area contributed by atoms with E-state index < -0.39 is 0 Å². The average molecular weight is 254 g/mol. The molecule has 88 valence electrons. The number of fused-ring (bicyclic) bond motifs is 2. The van der Waals surface area contributed by atoms with Crippen LogP contribution < -0.4 is 16.4 Å². The first-order valence-electron chi connectivity index (χ1n) is 5.66. The second-order valence-electron chi connectivity index (χ2n) is 4.11. The van der Waals surface area contributed by atoms with Crippen molar-refractivity contribution in [2.75, 3.05) is 10.9 Å². The number of rotatable bonds is 1. The molecule has 1 aromatic heterocycles. The lowest BCUT2D eigenvalue weighted by atomic mass is 10.0. The van der Waals surface area contributed by atoms with Crippen molar-refractivity contribution in [3.05, 3.63) is 41.9 Å². The molecule has 1 aliphatic rings. The number of hydrogen-bond donors (Lipinski definition) is 3. The van der Waals surface area contributed by atoms with Gasteiger partial charge in [0, 0.05) is 11.1 Å². The summed E-state index contributed by atoms with van der Waals surface area (Å²) in [5.74, 6) is 0. The van der Waals surface area contributed by atoms with E-state index >= 15 is 0 Å². The summed E-state index contributed by atoms with van der Waals surface area (Å²) in [6.07, 6.45) is 0. The third kappa shape index (κ3) is 1.32. The number of nitrogens with one attached hydrogen (secondary N) is 3. The Kier molecular flexibility index (Phi) is 2.03. The Morgan fingerprint density at radius 2 is 1.83 bits per heavy atom. The molecule has 2 heterocycles. The summed E-state index contributed by atoms with van der Waals surface area (Å²) >= 11 is 1.67. The lowest BCUT2D eigenvalue weighted by Crippen LogP contribution is -2.19. The minimum atomic E-state index is 1.05. The molecule has 2 aromatic carbocycles. The largest absolute Gasteiger partial charge is 0.302 e. The van der Waals surface area contributed by atoms with Crippen LogP contribution in [-0.4, -0.2) is 4.98 Å². The lowest BCUT2D eigenvalue weighted by Gasteiger charge is -2.07. The van der Waals surface area contributed by atoms with Crippen LogP contribution in [0.5, 0.6) is 0 Å². The number of hydrazine groups is 2. The minimum absolute atomic E-state index is 1.05. The van der Waals surface area contributed by atoms with E-state index in [1.54, 1.807) is 11.3 Å². The number of benzene rings is 2. The Hall–Kier alpha value is -2.11. The normalized spacial score (nSPS) is 13.1. The first-order valence-corrected chi connectivity index (χ1v) is 6.54. The zero-order valence-electron chi connectivity index (χ0n) is 9.40. The minimum Gasteiger partial charge on any atom is -0.302 e. The van der Waals surface area contributed by atoms with Gasteiger partial charge in [0.1, 0.15) is 0 Å². The summed E-state index contributed by atoms with van der Waals surface area (Å²) in [4.78, 5) is 4.37. The Morgan fingerprint density at radius 1 is 0.944 bits per heavy atom. The highest BCUT2D eigenvalue weighted by atomic mass is 32.1. The molecule has 0 saturated heterocycles. The smallest absolute Gasteiger partial charge is 0.0829 e. The first-order chi connectivity index (χ1) is 8.93. The molecule has 4 rings (SSSR count). The van der Waals surface area contributed by atoms with Crippen molar-refractivity contribution >= 4 is 32.9 Å². The van der Waals surface area contributed by atoms with Crippen molar-refractivity contribution in [1.82, 2.24) is 10.5 Å². The predicted molar refractivity (Wildman–Crippen MR) is 75.4 cm³/mol. The van der Waals surface area contributed by atoms with Gasteiger partial charge in [-0.3, -0.25) is 0 Å². The van der Waals surface area contributed by atoms with E-state index in [-0.39, 0.29) is 0 Å². The number of nitrogens with zero attached hydrogens (tertiary/aromatic N) is 1. The topological polar surface area (TPSA) is 49.0 Å². The third-order valence-corrected chi connectivity index (χ3v) is 3.97. The maximum Gasteiger partial charge on any atom is 0.0829 e. The van der Waals surface area contributed by atoms with E-state index in [1.165, 1.54) is 15.8 Å². The summed E-state index contributed by atoms with van der Waals surface area (Å²) in [6, 6.07) is 12.4. The molecule has 0 saturated carbocycles. The molecule has 0 unspecified atom stereocenters. The molecule has 1 aliphatic heterocycles. The van der Waals surface area contributed by atoms with Crippen LogP contribution in [0.15, 0.2) is 41.9 Å². The Morgan fingerprint density at radius 3 is 2.83 bits per heavy atom. The van der Waals surface area contributed by atoms with Gasteiger partial charge < -0.3 is 10.9 Å². The third-order valence-electron chi connectivity index (χ3n) is 3.10. The van der Waals surface area contributed by atoms with Crippen molar-refractivity contribution in [2.24, 2.45) is 0 Å². The van der Waals surface area contributed by atoms with Crippen LogP contribution in [0, 0.1) is 0 Å². The highest BCUT2D eigenvalue weighted by Crippen LogP contribution is 2.39. The highest BCUT2D eigenvalue weighted by Gasteiger charge is 2.16. The van der Waals surface area contributed by atoms with Gasteiger partial charge in [0.25, 0.3) is 0 Å². The second kappa shape index (κ2) is 3.69. The zero-order valence-corrected chi connectivity index (χ0v) is 10.2. The van der Waals surface area contributed by atoms with E-state index in [0.29, 0.717) is 0 Å². The monoisotopic (exact) mass is 254 g/mol. The van der Waals surface area contributed by atoms with E-state index in [4.69, 9.17) is 0 Å². The number of anilines is 2. The van der Waals surface area contributed by atoms with Crippen LogP contribution in [0.2, 0.25) is 0 Å². The van der Waals surface area contributed by atoms with Gasteiger partial charge in [0.05, 0.1) is 27.1 Å². The van der Waals surface area contributed by atoms with Crippen molar-refractivity contribution in [3.63, 3.8) is 0 Å². The molecule has 0 bridgehead atoms. The van der Waals surface area contributed by atoms with E-state index in [2.05, 4.69) is 39.6 Å². The molecular weight excluding hydrogens is 244 g/mol. The molecule has 0 atom stereocenters. The van der Waals surface area contributed by atoms with Gasteiger partial charge in [-0.05, 0) is 12.1 Å². The van der Waals surface area contributed by atoms with Gasteiger partial charge in [0.15, 0.2) is 0 Å². The van der Waals surface area contributed by atoms with Crippen LogP contribution in [-0.2, 0) is 0 Å². The van der Waals surface area contributed by atoms with E-state index in [0.717, 1.165) is 16.9 Å². The first kappa shape index (κ1) is 9.87. The quantitative estimate of drug-likeness (QED) is 0.624. The fraction of sp³-hybridized carbons (Fsp3) is 0. The maximum atomic E-state index is 4.37. The van der Waals surface area contributed by atoms with Crippen molar-refractivity contribution in [1.29, 1.82) is 0 Å². The summed E-state index contributed by atoms with van der Waals surface area (Å²) in [5.41, 5.74) is 16.6. The molecular formula is C13H10N4S. The molecule has 4 nitrogen and oxygen atoms in total. The number of thiazole rings is 1. The Bertz CT molecular complexity index is 735. The summed E-state index contributed by atoms with van der Waals surface area (Å²) < 4.78 is 1.22. The van der Waals surface area contributed by atoms with Gasteiger partial charge in [-0.2, -0.15) is 0 Å². The fourth-order valence-corrected chi connectivity index (χ4v) is 3.09. The SMILES string of the molecule is c1cc2c(c(-c3cccc4ncsc34)c1)NNN2. The average Bonchev–Trinajstić information content (AvgIpc) is 3.06. The van der Waals surface area contributed by atoms with Crippen LogP contribution >= 0.6 is 11.3 Å². The van der Waals surface area contributed by atoms with Crippen LogP contribution in [0.1, 0.15) is 0 Å². The standard InChI is InChI=1S/C13H10N4S/c1-3-8(12-10(5-1)15-17-16-12)9-4-2-6-11-13(9)18-7-14-11/h1-7,15-17H. The summed E-state index contributed by atoms with van der Waals surface area (Å²) in [6.45, 7) is 0. The van der Waals surface area contributed by atoms with Crippen molar-refractivity contribution in [3.8, 4) is 11.1 Å². The van der Waals surface area contributed by atoms with Gasteiger partial charge in [-0.15, -0.1) is 16.9 Å². The zero-order chi connectivity index (χ0) is 11.9. The fourth-order valence-electron chi connectivity index (χ4n) is 2.27. The molecule has 5 heteroatoms. The molecule has 0 spiro atoms. The molecule has 3 N–H and O–H groups in total. The lowest BCUT2D eigenvalue weighted by molar-refractivity contribution is 1.01. The molecule has 0 radical (unpaired) electrons. The Balaban J connectivity index is 2.03. The Labute approximate surface area is 108 Å². The van der Waals surface area contributed by atoms with E-state index in [9.17, 15) is 0 Å². The van der Waals surface area contributed by atoms with E-state index in [1.807, 2.05) is 23.7 Å². The van der Waals surface area contributed by atoms with Gasteiger partial charge in [-0.25, -0.2) is 4.98 Å². The van der Waals surface area contributed by atoms with Crippen molar-refractivity contribution < 1.29 is 0 Å². The van der Waals surface area contributed by atoms with Gasteiger partial charge in [-0.1, -0.05) is 24.3 Å². The summed E-state index contributed by atoms with van der Waals surface area (Å²) in [5, 5.41) is 0. The van der Waals surface area contributed by atoms with Crippen LogP contribution in [0.4, 0.5) is 11.4 Å². The number of para-hydroxylation sites is 1. The van der Waals surface area contributed by atoms with Gasteiger partial charge in [0.2, 0.25) is 0 Å². The summed E-state index contributed by atoms with van der Waals surface area (Å²) in [7, 11) is 0. The molecule has 0 amide bonds. The van der Waals surface area contributed by atoms with Crippen molar-refractivity contribution in [2.45, 2.75) is 0 Å².